The number of para-hydroxylation sites is 1. The molecule has 0 aliphatic heterocycles. The van der Waals surface area contributed by atoms with Crippen LogP contribution in [0.25, 0.3) is 77.9 Å². The number of aromatic nitrogens is 1. The van der Waals surface area contributed by atoms with Crippen LogP contribution in [0, 0.1) is 0 Å². The zero-order valence-corrected chi connectivity index (χ0v) is 30.4. The first-order valence-electron chi connectivity index (χ1n) is 19.7. The van der Waals surface area contributed by atoms with Gasteiger partial charge < -0.3 is 8.98 Å². The summed E-state index contributed by atoms with van der Waals surface area (Å²) in [5.41, 5.74) is 20.2. The summed E-state index contributed by atoms with van der Waals surface area (Å²) in [7, 11) is 0. The maximum absolute atomic E-state index is 6.42. The highest BCUT2D eigenvalue weighted by Crippen LogP contribution is 2.60. The first-order valence-corrected chi connectivity index (χ1v) is 19.7. The average Bonchev–Trinajstić information content (AvgIpc) is 3.88. The fraction of sp³-hybridized carbons (Fsp3) is 0.216. The molecule has 2 nitrogen and oxygen atoms in total. The van der Waals surface area contributed by atoms with E-state index in [-0.39, 0.29) is 10.8 Å². The van der Waals surface area contributed by atoms with Gasteiger partial charge in [-0.3, -0.25) is 0 Å². The second kappa shape index (κ2) is 10.5. The monoisotopic (exact) mass is 683 g/mol. The summed E-state index contributed by atoms with van der Waals surface area (Å²) in [6.45, 7) is 4.85. The van der Waals surface area contributed by atoms with Crippen molar-refractivity contribution >= 4 is 38.9 Å². The number of fused-ring (bicyclic) bond motifs is 14. The summed E-state index contributed by atoms with van der Waals surface area (Å²) in [5.74, 6) is 1.11. The fourth-order valence-corrected chi connectivity index (χ4v) is 11.1. The first kappa shape index (κ1) is 29.9. The normalized spacial score (nSPS) is 17.3. The summed E-state index contributed by atoms with van der Waals surface area (Å²) in [5, 5.41) is 3.75. The van der Waals surface area contributed by atoms with E-state index < -0.39 is 0 Å². The van der Waals surface area contributed by atoms with E-state index in [0.29, 0.717) is 0 Å². The Morgan fingerprint density at radius 3 is 2.25 bits per heavy atom. The van der Waals surface area contributed by atoms with Crippen LogP contribution in [0.15, 0.2) is 126 Å². The quantitative estimate of drug-likeness (QED) is 0.177. The van der Waals surface area contributed by atoms with Crippen LogP contribution in [0.5, 0.6) is 0 Å². The van der Waals surface area contributed by atoms with Crippen molar-refractivity contribution in [1.82, 2.24) is 4.57 Å². The average molecular weight is 684 g/mol. The summed E-state index contributed by atoms with van der Waals surface area (Å²) < 4.78 is 8.82. The van der Waals surface area contributed by atoms with Gasteiger partial charge in [-0.15, -0.1) is 0 Å². The van der Waals surface area contributed by atoms with Crippen LogP contribution >= 0.6 is 0 Å². The Morgan fingerprint density at radius 1 is 0.566 bits per heavy atom. The molecule has 2 heterocycles. The van der Waals surface area contributed by atoms with E-state index in [2.05, 4.69) is 146 Å². The van der Waals surface area contributed by atoms with Crippen LogP contribution in [-0.2, 0) is 17.3 Å². The Bertz CT molecular complexity index is 2900. The van der Waals surface area contributed by atoms with Gasteiger partial charge in [0, 0.05) is 50.7 Å². The van der Waals surface area contributed by atoms with Gasteiger partial charge in [0.25, 0.3) is 0 Å². The van der Waals surface area contributed by atoms with Crippen LogP contribution in [0.1, 0.15) is 85.9 Å². The zero-order chi connectivity index (χ0) is 35.1. The second-order valence-corrected chi connectivity index (χ2v) is 16.7. The molecule has 256 valence electrons. The lowest BCUT2D eigenvalue weighted by atomic mass is 9.67. The smallest absolute Gasteiger partial charge is 0.137 e. The van der Waals surface area contributed by atoms with E-state index in [1.54, 1.807) is 11.1 Å². The molecule has 8 aromatic rings. The molecule has 12 rings (SSSR count). The van der Waals surface area contributed by atoms with Gasteiger partial charge in [-0.1, -0.05) is 106 Å². The van der Waals surface area contributed by atoms with E-state index in [9.17, 15) is 0 Å². The predicted octanol–water partition coefficient (Wildman–Crippen LogP) is 13.7. The predicted molar refractivity (Wildman–Crippen MR) is 220 cm³/mol. The molecule has 4 aliphatic rings. The zero-order valence-electron chi connectivity index (χ0n) is 30.4. The number of rotatable bonds is 2. The lowest BCUT2D eigenvalue weighted by molar-refractivity contribution is 0.353. The highest BCUT2D eigenvalue weighted by atomic mass is 16.3. The lowest BCUT2D eigenvalue weighted by Gasteiger charge is -2.36. The summed E-state index contributed by atoms with van der Waals surface area (Å²) in [6.07, 6.45) is 13.0. The Hall–Kier alpha value is -5.60. The Labute approximate surface area is 310 Å². The van der Waals surface area contributed by atoms with Crippen molar-refractivity contribution in [2.24, 2.45) is 0 Å². The van der Waals surface area contributed by atoms with Crippen LogP contribution < -0.4 is 0 Å². The molecule has 6 aromatic carbocycles. The third-order valence-corrected chi connectivity index (χ3v) is 13.6. The number of allylic oxidation sites excluding steroid dienone is 1. The summed E-state index contributed by atoms with van der Waals surface area (Å²) in [6, 6.07) is 44.4. The van der Waals surface area contributed by atoms with E-state index >= 15 is 0 Å². The van der Waals surface area contributed by atoms with Gasteiger partial charge in [-0.2, -0.15) is 0 Å². The van der Waals surface area contributed by atoms with Gasteiger partial charge >= 0.3 is 0 Å². The van der Waals surface area contributed by atoms with Crippen molar-refractivity contribution in [3.63, 3.8) is 0 Å². The second-order valence-electron chi connectivity index (χ2n) is 16.7. The van der Waals surface area contributed by atoms with E-state index in [1.165, 1.54) is 109 Å². The Kier molecular flexibility index (Phi) is 5.93. The summed E-state index contributed by atoms with van der Waals surface area (Å²) >= 11 is 0. The van der Waals surface area contributed by atoms with Crippen LogP contribution in [0.4, 0.5) is 0 Å². The van der Waals surface area contributed by atoms with Crippen molar-refractivity contribution < 1.29 is 4.42 Å². The van der Waals surface area contributed by atoms with Crippen molar-refractivity contribution in [2.45, 2.75) is 69.6 Å². The molecular formula is C51H41NO. The molecule has 0 radical (unpaired) electrons. The SMILES string of the molecule is CC1(C)c2ccc(-c3ccc4c(c3)c3ccccc3n4-c3ccc4c5c(oc4c3)CCC=C5)cc2-c2cc3c(cc21)-c1ccccc1C31CCCCC1. The van der Waals surface area contributed by atoms with Crippen LogP contribution in [-0.4, -0.2) is 4.57 Å². The molecule has 53 heavy (non-hydrogen) atoms. The number of nitrogens with zero attached hydrogens (tertiary/aromatic N) is 1. The third-order valence-electron chi connectivity index (χ3n) is 13.6. The molecular weight excluding hydrogens is 643 g/mol. The van der Waals surface area contributed by atoms with Crippen LogP contribution in [0.2, 0.25) is 0 Å². The van der Waals surface area contributed by atoms with Crippen LogP contribution in [0.3, 0.4) is 0 Å². The molecule has 1 fully saturated rings. The number of hydrogen-bond donors (Lipinski definition) is 0. The van der Waals surface area contributed by atoms with Gasteiger partial charge in [0.2, 0.25) is 0 Å². The molecule has 0 bridgehead atoms. The number of aryl methyl sites for hydroxylation is 1. The molecule has 0 unspecified atom stereocenters. The van der Waals surface area contributed by atoms with Crippen molar-refractivity contribution in [2.75, 3.05) is 0 Å². The number of furan rings is 1. The van der Waals surface area contributed by atoms with E-state index in [1.807, 2.05) is 0 Å². The van der Waals surface area contributed by atoms with Crippen molar-refractivity contribution in [1.29, 1.82) is 0 Å². The maximum Gasteiger partial charge on any atom is 0.137 e. The third kappa shape index (κ3) is 3.94. The van der Waals surface area contributed by atoms with Gasteiger partial charge in [-0.05, 0) is 123 Å². The minimum Gasteiger partial charge on any atom is -0.460 e. The summed E-state index contributed by atoms with van der Waals surface area (Å²) in [4.78, 5) is 0. The van der Waals surface area contributed by atoms with Gasteiger partial charge in [0.1, 0.15) is 11.3 Å². The van der Waals surface area contributed by atoms with Gasteiger partial charge in [0.15, 0.2) is 0 Å². The Balaban J connectivity index is 1.01. The van der Waals surface area contributed by atoms with E-state index in [0.717, 1.165) is 29.9 Å². The minimum absolute atomic E-state index is 0.0580. The molecule has 4 aliphatic carbocycles. The highest BCUT2D eigenvalue weighted by molar-refractivity contribution is 6.11. The molecule has 0 amide bonds. The Morgan fingerprint density at radius 2 is 1.32 bits per heavy atom. The fourth-order valence-electron chi connectivity index (χ4n) is 11.1. The molecule has 2 heteroatoms. The molecule has 0 N–H and O–H groups in total. The van der Waals surface area contributed by atoms with Gasteiger partial charge in [0.05, 0.1) is 11.0 Å². The number of benzene rings is 6. The first-order chi connectivity index (χ1) is 26.0. The minimum atomic E-state index is -0.0580. The number of hydrogen-bond acceptors (Lipinski definition) is 1. The standard InChI is InChI=1S/C51H41NO/c1-50(2)42-22-18-31(26-38(42)40-30-45-39(29-44(40)50)34-12-4-7-15-43(34)51(45)24-10-3-11-25-51)32-19-23-47-41(27-32)35-13-5-8-16-46(35)52(47)33-20-21-37-36-14-6-9-17-48(36)53-49(37)28-33/h4-8,12-16,18-23,26-30H,3,9-11,17,24-25H2,1-2H3. The maximum atomic E-state index is 6.42. The largest absolute Gasteiger partial charge is 0.460 e. The van der Waals surface area contributed by atoms with Crippen molar-refractivity contribution in [3.05, 3.63) is 155 Å². The molecule has 1 saturated carbocycles. The van der Waals surface area contributed by atoms with Crippen molar-refractivity contribution in [3.8, 4) is 39.1 Å². The molecule has 1 spiro atoms. The van der Waals surface area contributed by atoms with E-state index in [4.69, 9.17) is 4.42 Å². The molecule has 0 atom stereocenters. The lowest BCUT2D eigenvalue weighted by Crippen LogP contribution is -2.28. The van der Waals surface area contributed by atoms with Gasteiger partial charge in [-0.25, -0.2) is 0 Å². The molecule has 0 saturated heterocycles. The highest BCUT2D eigenvalue weighted by Gasteiger charge is 2.46. The topological polar surface area (TPSA) is 18.1 Å². The molecule has 2 aromatic heterocycles.